The van der Waals surface area contributed by atoms with Gasteiger partial charge >= 0.3 is 0 Å². The molecule has 0 spiro atoms. The summed E-state index contributed by atoms with van der Waals surface area (Å²) in [5.41, 5.74) is 11.4. The van der Waals surface area contributed by atoms with Crippen molar-refractivity contribution in [1.82, 2.24) is 5.32 Å². The van der Waals surface area contributed by atoms with E-state index in [0.717, 1.165) is 25.1 Å². The number of hydrogen-bond acceptors (Lipinski definition) is 3. The van der Waals surface area contributed by atoms with Crippen LogP contribution < -0.4 is 15.8 Å². The summed E-state index contributed by atoms with van der Waals surface area (Å²) in [4.78, 5) is 0. The molecule has 4 rings (SSSR count). The number of nitrogens with one attached hydrogen (secondary N) is 1. The van der Waals surface area contributed by atoms with Gasteiger partial charge in [-0.3, -0.25) is 0 Å². The minimum atomic E-state index is 0.0419. The second-order valence-electron chi connectivity index (χ2n) is 8.36. The Bertz CT molecular complexity index is 1070. The first-order chi connectivity index (χ1) is 16.3. The Labute approximate surface area is 197 Å². The third kappa shape index (κ3) is 7.04. The molecule has 33 heavy (non-hydrogen) atoms. The van der Waals surface area contributed by atoms with Crippen molar-refractivity contribution >= 4 is 0 Å². The third-order valence-corrected chi connectivity index (χ3v) is 5.92. The van der Waals surface area contributed by atoms with Crippen molar-refractivity contribution in [3.63, 3.8) is 0 Å². The molecule has 0 aromatic heterocycles. The van der Waals surface area contributed by atoms with E-state index >= 15 is 0 Å². The smallest absolute Gasteiger partial charge is 0.119 e. The Morgan fingerprint density at radius 2 is 1.18 bits per heavy atom. The van der Waals surface area contributed by atoms with Gasteiger partial charge < -0.3 is 15.8 Å². The van der Waals surface area contributed by atoms with Gasteiger partial charge in [0.15, 0.2) is 0 Å². The highest BCUT2D eigenvalue weighted by molar-refractivity contribution is 5.28. The summed E-state index contributed by atoms with van der Waals surface area (Å²) in [6.45, 7) is 1.37. The minimum Gasteiger partial charge on any atom is -0.489 e. The van der Waals surface area contributed by atoms with Crippen molar-refractivity contribution in [2.75, 3.05) is 0 Å². The van der Waals surface area contributed by atoms with Gasteiger partial charge in [0.05, 0.1) is 0 Å². The molecule has 0 amide bonds. The normalized spacial score (nSPS) is 12.8. The lowest BCUT2D eigenvalue weighted by atomic mass is 9.96. The van der Waals surface area contributed by atoms with E-state index < -0.39 is 0 Å². The molecule has 0 saturated heterocycles. The summed E-state index contributed by atoms with van der Waals surface area (Å²) in [6, 6.07) is 39.8. The minimum absolute atomic E-state index is 0.0419. The fourth-order valence-corrected chi connectivity index (χ4v) is 3.97. The van der Waals surface area contributed by atoms with E-state index in [9.17, 15) is 0 Å². The lowest BCUT2D eigenvalue weighted by Crippen LogP contribution is -2.22. The van der Waals surface area contributed by atoms with E-state index in [1.807, 2.05) is 36.4 Å². The highest BCUT2D eigenvalue weighted by atomic mass is 16.5. The molecule has 2 unspecified atom stereocenters. The van der Waals surface area contributed by atoms with E-state index in [4.69, 9.17) is 10.5 Å². The Hall–Kier alpha value is -3.40. The van der Waals surface area contributed by atoms with E-state index in [2.05, 4.69) is 84.2 Å². The van der Waals surface area contributed by atoms with Crippen molar-refractivity contribution in [2.24, 2.45) is 5.73 Å². The SMILES string of the molecule is NC(CCC(NCc1ccc(OCc2ccccc2)cc1)c1ccccc1)c1ccccc1. The maximum atomic E-state index is 6.47. The van der Waals surface area contributed by atoms with Crippen LogP contribution >= 0.6 is 0 Å². The molecule has 0 bridgehead atoms. The molecular weight excluding hydrogens is 404 g/mol. The van der Waals surface area contributed by atoms with Crippen LogP contribution in [0.1, 0.15) is 47.2 Å². The van der Waals surface area contributed by atoms with Crippen molar-refractivity contribution in [1.29, 1.82) is 0 Å². The second-order valence-corrected chi connectivity index (χ2v) is 8.36. The molecule has 0 aliphatic carbocycles. The van der Waals surface area contributed by atoms with Gasteiger partial charge in [-0.25, -0.2) is 0 Å². The second kappa shape index (κ2) is 12.0. The van der Waals surface area contributed by atoms with Crippen LogP contribution in [-0.4, -0.2) is 0 Å². The van der Waals surface area contributed by atoms with E-state index in [0.29, 0.717) is 6.61 Å². The van der Waals surface area contributed by atoms with Gasteiger partial charge in [-0.05, 0) is 47.2 Å². The van der Waals surface area contributed by atoms with E-state index in [-0.39, 0.29) is 12.1 Å². The van der Waals surface area contributed by atoms with Gasteiger partial charge in [0.1, 0.15) is 12.4 Å². The van der Waals surface area contributed by atoms with Crippen LogP contribution in [0, 0.1) is 0 Å². The van der Waals surface area contributed by atoms with E-state index in [1.165, 1.54) is 22.3 Å². The monoisotopic (exact) mass is 436 g/mol. The van der Waals surface area contributed by atoms with Gasteiger partial charge in [-0.15, -0.1) is 0 Å². The first-order valence-electron chi connectivity index (χ1n) is 11.6. The first-order valence-corrected chi connectivity index (χ1v) is 11.6. The molecule has 4 aromatic carbocycles. The van der Waals surface area contributed by atoms with Crippen LogP contribution in [0.2, 0.25) is 0 Å². The number of ether oxygens (including phenoxy) is 1. The average molecular weight is 437 g/mol. The van der Waals surface area contributed by atoms with Crippen LogP contribution in [0.5, 0.6) is 5.75 Å². The molecule has 0 aliphatic rings. The Balaban J connectivity index is 1.33. The van der Waals surface area contributed by atoms with Crippen LogP contribution in [-0.2, 0) is 13.2 Å². The molecule has 3 nitrogen and oxygen atoms in total. The van der Waals surface area contributed by atoms with Gasteiger partial charge in [0.25, 0.3) is 0 Å². The van der Waals surface area contributed by atoms with Crippen LogP contribution in [0.4, 0.5) is 0 Å². The molecule has 4 aromatic rings. The maximum Gasteiger partial charge on any atom is 0.119 e. The van der Waals surface area contributed by atoms with Crippen molar-refractivity contribution in [3.05, 3.63) is 138 Å². The zero-order valence-electron chi connectivity index (χ0n) is 18.9. The Morgan fingerprint density at radius 1 is 0.606 bits per heavy atom. The summed E-state index contributed by atoms with van der Waals surface area (Å²) in [5.74, 6) is 0.885. The van der Waals surface area contributed by atoms with Gasteiger partial charge in [0, 0.05) is 18.6 Å². The molecule has 0 radical (unpaired) electrons. The van der Waals surface area contributed by atoms with Crippen molar-refractivity contribution in [2.45, 2.75) is 38.1 Å². The van der Waals surface area contributed by atoms with Crippen LogP contribution in [0.25, 0.3) is 0 Å². The van der Waals surface area contributed by atoms with Crippen molar-refractivity contribution in [3.8, 4) is 5.75 Å². The zero-order chi connectivity index (χ0) is 22.7. The molecular formula is C30H32N2O. The van der Waals surface area contributed by atoms with Crippen LogP contribution in [0.3, 0.4) is 0 Å². The Kier molecular flexibility index (Phi) is 8.29. The van der Waals surface area contributed by atoms with Crippen molar-refractivity contribution < 1.29 is 4.74 Å². The van der Waals surface area contributed by atoms with Gasteiger partial charge in [-0.1, -0.05) is 103 Å². The molecule has 0 saturated carbocycles. The topological polar surface area (TPSA) is 47.3 Å². The molecule has 0 heterocycles. The number of hydrogen-bond donors (Lipinski definition) is 2. The largest absolute Gasteiger partial charge is 0.489 e. The van der Waals surface area contributed by atoms with Gasteiger partial charge in [-0.2, -0.15) is 0 Å². The lowest BCUT2D eigenvalue weighted by molar-refractivity contribution is 0.306. The summed E-state index contributed by atoms with van der Waals surface area (Å²) in [6.07, 6.45) is 1.89. The summed E-state index contributed by atoms with van der Waals surface area (Å²) < 4.78 is 5.91. The quantitative estimate of drug-likeness (QED) is 0.279. The predicted molar refractivity (Wildman–Crippen MR) is 136 cm³/mol. The van der Waals surface area contributed by atoms with Gasteiger partial charge in [0.2, 0.25) is 0 Å². The fraction of sp³-hybridized carbons (Fsp3) is 0.200. The summed E-state index contributed by atoms with van der Waals surface area (Å²) in [7, 11) is 0. The average Bonchev–Trinajstić information content (AvgIpc) is 2.89. The highest BCUT2D eigenvalue weighted by Crippen LogP contribution is 2.24. The maximum absolute atomic E-state index is 6.47. The standard InChI is InChI=1S/C30H32N2O/c31-29(26-12-6-2-7-13-26)20-21-30(27-14-8-3-9-15-27)32-22-24-16-18-28(19-17-24)33-23-25-10-4-1-5-11-25/h1-19,29-30,32H,20-23,31H2. The molecule has 168 valence electrons. The molecule has 2 atom stereocenters. The zero-order valence-corrected chi connectivity index (χ0v) is 18.9. The molecule has 0 fully saturated rings. The predicted octanol–water partition coefficient (Wildman–Crippen LogP) is 6.58. The fourth-order valence-electron chi connectivity index (χ4n) is 3.97. The first kappa shape index (κ1) is 22.8. The number of rotatable bonds is 11. The molecule has 0 aliphatic heterocycles. The lowest BCUT2D eigenvalue weighted by Gasteiger charge is -2.22. The highest BCUT2D eigenvalue weighted by Gasteiger charge is 2.14. The Morgan fingerprint density at radius 3 is 1.82 bits per heavy atom. The summed E-state index contributed by atoms with van der Waals surface area (Å²) >= 11 is 0. The third-order valence-electron chi connectivity index (χ3n) is 5.92. The van der Waals surface area contributed by atoms with Crippen LogP contribution in [0.15, 0.2) is 115 Å². The molecule has 3 N–H and O–H groups in total. The molecule has 3 heteroatoms. The number of nitrogens with two attached hydrogens (primary N) is 1. The number of benzene rings is 4. The van der Waals surface area contributed by atoms with E-state index in [1.54, 1.807) is 0 Å². The summed E-state index contributed by atoms with van der Waals surface area (Å²) in [5, 5.41) is 3.74.